The summed E-state index contributed by atoms with van der Waals surface area (Å²) in [6.45, 7) is 2.79. The largest absolute Gasteiger partial charge is 0.299 e. The van der Waals surface area contributed by atoms with Crippen LogP contribution in [-0.2, 0) is 11.3 Å². The van der Waals surface area contributed by atoms with Gasteiger partial charge in [0.15, 0.2) is 0 Å². The first-order valence-electron chi connectivity index (χ1n) is 8.40. The number of hydrazone groups is 1. The Kier molecular flexibility index (Phi) is 6.30. The lowest BCUT2D eigenvalue weighted by Gasteiger charge is -2.30. The Morgan fingerprint density at radius 3 is 2.72 bits per heavy atom. The van der Waals surface area contributed by atoms with Crippen molar-refractivity contribution in [3.05, 3.63) is 64.4 Å². The lowest BCUT2D eigenvalue weighted by molar-refractivity contribution is -0.126. The Morgan fingerprint density at radius 1 is 1.28 bits per heavy atom. The average molecular weight is 401 g/mol. The summed E-state index contributed by atoms with van der Waals surface area (Å²) in [5.41, 5.74) is 4.82. The molecule has 1 saturated heterocycles. The maximum absolute atomic E-state index is 12.2. The van der Waals surface area contributed by atoms with E-state index in [1.165, 1.54) is 5.56 Å². The first-order chi connectivity index (χ1) is 12.2. The van der Waals surface area contributed by atoms with Crippen LogP contribution in [0.4, 0.5) is 0 Å². The number of pyridine rings is 1. The molecule has 2 heterocycles. The first-order valence-corrected chi connectivity index (χ1v) is 9.20. The Labute approximate surface area is 156 Å². The highest BCUT2D eigenvalue weighted by Crippen LogP contribution is 2.20. The van der Waals surface area contributed by atoms with Crippen LogP contribution in [0.1, 0.15) is 24.0 Å². The fourth-order valence-corrected chi connectivity index (χ4v) is 3.18. The van der Waals surface area contributed by atoms with Crippen molar-refractivity contribution in [1.82, 2.24) is 15.3 Å². The minimum Gasteiger partial charge on any atom is -0.299 e. The number of nitrogens with zero attached hydrogens (tertiary/aromatic N) is 3. The van der Waals surface area contributed by atoms with Crippen LogP contribution in [0.15, 0.2) is 58.4 Å². The van der Waals surface area contributed by atoms with Gasteiger partial charge in [-0.2, -0.15) is 5.10 Å². The number of hydrogen-bond donors (Lipinski definition) is 1. The number of carbonyl (C=O) groups excluding carboxylic acids is 1. The number of aromatic nitrogens is 1. The zero-order chi connectivity index (χ0) is 17.5. The summed E-state index contributed by atoms with van der Waals surface area (Å²) in [5, 5.41) is 4.03. The maximum atomic E-state index is 12.2. The Balaban J connectivity index is 1.43. The molecule has 130 valence electrons. The quantitative estimate of drug-likeness (QED) is 0.619. The smallest absolute Gasteiger partial charge is 0.243 e. The predicted octanol–water partition coefficient (Wildman–Crippen LogP) is 3.21. The highest BCUT2D eigenvalue weighted by atomic mass is 79.9. The van der Waals surface area contributed by atoms with Crippen molar-refractivity contribution >= 4 is 28.1 Å². The first kappa shape index (κ1) is 17.8. The van der Waals surface area contributed by atoms with E-state index >= 15 is 0 Å². The third kappa shape index (κ3) is 5.47. The molecule has 6 heteroatoms. The van der Waals surface area contributed by atoms with Gasteiger partial charge in [0.2, 0.25) is 5.91 Å². The van der Waals surface area contributed by atoms with Crippen molar-refractivity contribution in [2.45, 2.75) is 19.4 Å². The van der Waals surface area contributed by atoms with E-state index in [4.69, 9.17) is 0 Å². The third-order valence-electron chi connectivity index (χ3n) is 4.35. The van der Waals surface area contributed by atoms with Gasteiger partial charge in [0.1, 0.15) is 0 Å². The number of hydrogen-bond acceptors (Lipinski definition) is 4. The zero-order valence-electron chi connectivity index (χ0n) is 13.9. The van der Waals surface area contributed by atoms with Crippen LogP contribution in [0.3, 0.4) is 0 Å². The van der Waals surface area contributed by atoms with Crippen molar-refractivity contribution in [1.29, 1.82) is 0 Å². The molecular formula is C19H21BrN4O. The zero-order valence-corrected chi connectivity index (χ0v) is 15.5. The number of halogens is 1. The molecule has 2 aromatic rings. The highest BCUT2D eigenvalue weighted by molar-refractivity contribution is 9.10. The second-order valence-electron chi connectivity index (χ2n) is 6.20. The molecule has 5 nitrogen and oxygen atoms in total. The topological polar surface area (TPSA) is 57.6 Å². The molecule has 1 aromatic heterocycles. The van der Waals surface area contributed by atoms with Gasteiger partial charge in [-0.1, -0.05) is 34.1 Å². The van der Waals surface area contributed by atoms with Gasteiger partial charge in [-0.3, -0.25) is 14.7 Å². The van der Waals surface area contributed by atoms with Crippen molar-refractivity contribution in [2.75, 3.05) is 13.1 Å². The summed E-state index contributed by atoms with van der Waals surface area (Å²) in [6.07, 6.45) is 6.76. The molecule has 1 aliphatic rings. The third-order valence-corrected chi connectivity index (χ3v) is 4.88. The van der Waals surface area contributed by atoms with Crippen molar-refractivity contribution in [2.24, 2.45) is 11.0 Å². The molecule has 0 saturated carbocycles. The van der Waals surface area contributed by atoms with E-state index in [2.05, 4.69) is 60.6 Å². The average Bonchev–Trinajstić information content (AvgIpc) is 2.65. The van der Waals surface area contributed by atoms with Crippen LogP contribution < -0.4 is 5.43 Å². The van der Waals surface area contributed by atoms with Gasteiger partial charge in [-0.05, 0) is 49.7 Å². The van der Waals surface area contributed by atoms with E-state index in [1.54, 1.807) is 18.6 Å². The summed E-state index contributed by atoms with van der Waals surface area (Å²) in [7, 11) is 0. The molecule has 1 fully saturated rings. The summed E-state index contributed by atoms with van der Waals surface area (Å²) >= 11 is 3.46. The Bertz CT molecular complexity index is 710. The second-order valence-corrected chi connectivity index (χ2v) is 7.11. The number of piperidine rings is 1. The SMILES string of the molecule is O=C(N/N=C\c1cccnc1)C1CCN(Cc2ccc(Br)cc2)CC1. The molecule has 3 rings (SSSR count). The Morgan fingerprint density at radius 2 is 2.04 bits per heavy atom. The molecule has 0 radical (unpaired) electrons. The number of benzene rings is 1. The number of nitrogens with one attached hydrogen (secondary N) is 1. The van der Waals surface area contributed by atoms with Gasteiger partial charge in [0.25, 0.3) is 0 Å². The summed E-state index contributed by atoms with van der Waals surface area (Å²) in [6, 6.07) is 12.1. The molecule has 25 heavy (non-hydrogen) atoms. The van der Waals surface area contributed by atoms with E-state index in [0.717, 1.165) is 42.5 Å². The Hall–Kier alpha value is -2.05. The normalized spacial score (nSPS) is 16.2. The molecule has 0 atom stereocenters. The molecule has 1 aromatic carbocycles. The van der Waals surface area contributed by atoms with Gasteiger partial charge in [-0.25, -0.2) is 5.43 Å². The molecule has 0 spiro atoms. The van der Waals surface area contributed by atoms with Crippen LogP contribution in [-0.4, -0.2) is 35.1 Å². The van der Waals surface area contributed by atoms with Crippen LogP contribution in [0.5, 0.6) is 0 Å². The molecule has 1 amide bonds. The second kappa shape index (κ2) is 8.87. The van der Waals surface area contributed by atoms with E-state index in [9.17, 15) is 4.79 Å². The van der Waals surface area contributed by atoms with E-state index in [1.807, 2.05) is 12.1 Å². The minimum atomic E-state index is 0.00318. The number of likely N-dealkylation sites (tertiary alicyclic amines) is 1. The lowest BCUT2D eigenvalue weighted by Crippen LogP contribution is -2.39. The van der Waals surface area contributed by atoms with E-state index < -0.39 is 0 Å². The van der Waals surface area contributed by atoms with Crippen LogP contribution in [0.2, 0.25) is 0 Å². The standard InChI is InChI=1S/C19H21BrN4O/c20-18-5-3-15(4-6-18)14-24-10-7-17(8-11-24)19(25)23-22-13-16-2-1-9-21-12-16/h1-6,9,12-13,17H,7-8,10-11,14H2,(H,23,25)/b22-13-. The van der Waals surface area contributed by atoms with Crippen molar-refractivity contribution in [3.63, 3.8) is 0 Å². The van der Waals surface area contributed by atoms with Gasteiger partial charge in [-0.15, -0.1) is 0 Å². The van der Waals surface area contributed by atoms with Gasteiger partial charge >= 0.3 is 0 Å². The maximum Gasteiger partial charge on any atom is 0.243 e. The van der Waals surface area contributed by atoms with Crippen LogP contribution >= 0.6 is 15.9 Å². The fourth-order valence-electron chi connectivity index (χ4n) is 2.92. The molecule has 0 unspecified atom stereocenters. The molecule has 0 aliphatic carbocycles. The number of rotatable bonds is 5. The molecule has 1 N–H and O–H groups in total. The van der Waals surface area contributed by atoms with E-state index in [-0.39, 0.29) is 11.8 Å². The summed E-state index contributed by atoms with van der Waals surface area (Å²) in [5.74, 6) is 0.0376. The van der Waals surface area contributed by atoms with Gasteiger partial charge in [0.05, 0.1) is 6.21 Å². The lowest BCUT2D eigenvalue weighted by atomic mass is 9.96. The summed E-state index contributed by atoms with van der Waals surface area (Å²) < 4.78 is 1.10. The van der Waals surface area contributed by atoms with Crippen molar-refractivity contribution in [3.8, 4) is 0 Å². The monoisotopic (exact) mass is 400 g/mol. The minimum absolute atomic E-state index is 0.00318. The van der Waals surface area contributed by atoms with Gasteiger partial charge in [0, 0.05) is 34.9 Å². The molecule has 0 bridgehead atoms. The van der Waals surface area contributed by atoms with Crippen LogP contribution in [0, 0.1) is 5.92 Å². The molecular weight excluding hydrogens is 380 g/mol. The molecule has 1 aliphatic heterocycles. The highest BCUT2D eigenvalue weighted by Gasteiger charge is 2.24. The van der Waals surface area contributed by atoms with E-state index in [0.29, 0.717) is 0 Å². The fraction of sp³-hybridized carbons (Fsp3) is 0.316. The van der Waals surface area contributed by atoms with Crippen LogP contribution in [0.25, 0.3) is 0 Å². The van der Waals surface area contributed by atoms with Crippen molar-refractivity contribution < 1.29 is 4.79 Å². The number of amides is 1. The summed E-state index contributed by atoms with van der Waals surface area (Å²) in [4.78, 5) is 18.6. The number of carbonyl (C=O) groups is 1. The van der Waals surface area contributed by atoms with Gasteiger partial charge < -0.3 is 0 Å². The predicted molar refractivity (Wildman–Crippen MR) is 102 cm³/mol.